The van der Waals surface area contributed by atoms with Gasteiger partial charge in [0.15, 0.2) is 6.04 Å². The number of aromatic nitrogens is 2. The Morgan fingerprint density at radius 3 is 2.31 bits per heavy atom. The van der Waals surface area contributed by atoms with Gasteiger partial charge in [0.2, 0.25) is 5.82 Å². The molecule has 0 fully saturated rings. The van der Waals surface area contributed by atoms with Gasteiger partial charge in [0.1, 0.15) is 11.4 Å². The zero-order valence-electron chi connectivity index (χ0n) is 13.7. The van der Waals surface area contributed by atoms with Gasteiger partial charge in [-0.2, -0.15) is 13.2 Å². The molecule has 138 valence electrons. The molecule has 0 saturated heterocycles. The van der Waals surface area contributed by atoms with E-state index in [0.717, 1.165) is 6.07 Å². The maximum absolute atomic E-state index is 12.8. The second kappa shape index (κ2) is 7.38. The minimum Gasteiger partial charge on any atom is -0.497 e. The first kappa shape index (κ1) is 19.2. The van der Waals surface area contributed by atoms with E-state index in [1.807, 2.05) is 0 Å². The van der Waals surface area contributed by atoms with Crippen LogP contribution in [0, 0.1) is 6.92 Å². The molecule has 1 amide bonds. The molecule has 7 nitrogen and oxygen atoms in total. The summed E-state index contributed by atoms with van der Waals surface area (Å²) in [6, 6.07) is 5.40. The Morgan fingerprint density at radius 2 is 1.81 bits per heavy atom. The summed E-state index contributed by atoms with van der Waals surface area (Å²) in [5, 5.41) is 11.5. The number of carboxylic acids is 1. The number of carbonyl (C=O) groups is 2. The van der Waals surface area contributed by atoms with Crippen molar-refractivity contribution in [1.29, 1.82) is 0 Å². The van der Waals surface area contributed by atoms with Gasteiger partial charge in [-0.15, -0.1) is 0 Å². The van der Waals surface area contributed by atoms with Gasteiger partial charge < -0.3 is 15.2 Å². The quantitative estimate of drug-likeness (QED) is 0.839. The van der Waals surface area contributed by atoms with Crippen LogP contribution in [0.2, 0.25) is 0 Å². The number of aryl methyl sites for hydroxylation is 1. The van der Waals surface area contributed by atoms with Crippen LogP contribution < -0.4 is 10.1 Å². The summed E-state index contributed by atoms with van der Waals surface area (Å²) in [6.07, 6.45) is -4.83. The topological polar surface area (TPSA) is 101 Å². The predicted molar refractivity (Wildman–Crippen MR) is 82.6 cm³/mol. The highest BCUT2D eigenvalue weighted by molar-refractivity contribution is 5.95. The van der Waals surface area contributed by atoms with Crippen molar-refractivity contribution in [2.24, 2.45) is 0 Å². The van der Waals surface area contributed by atoms with E-state index in [-0.39, 0.29) is 11.3 Å². The minimum atomic E-state index is -4.83. The number of aliphatic carboxylic acids is 1. The molecule has 2 N–H and O–H groups in total. The summed E-state index contributed by atoms with van der Waals surface area (Å²) in [5.74, 6) is -3.45. The van der Waals surface area contributed by atoms with Crippen LogP contribution in [-0.2, 0) is 11.0 Å². The maximum atomic E-state index is 12.8. The van der Waals surface area contributed by atoms with Gasteiger partial charge in [0.05, 0.1) is 7.11 Å². The lowest BCUT2D eigenvalue weighted by Gasteiger charge is -2.16. The molecule has 1 aromatic carbocycles. The van der Waals surface area contributed by atoms with Crippen LogP contribution in [0.5, 0.6) is 5.75 Å². The third-order valence-electron chi connectivity index (χ3n) is 3.31. The smallest absolute Gasteiger partial charge is 0.451 e. The van der Waals surface area contributed by atoms with Crippen LogP contribution in [-0.4, -0.2) is 34.1 Å². The third-order valence-corrected chi connectivity index (χ3v) is 3.31. The Morgan fingerprint density at radius 1 is 1.19 bits per heavy atom. The maximum Gasteiger partial charge on any atom is 0.451 e. The molecule has 1 atom stereocenters. The van der Waals surface area contributed by atoms with Gasteiger partial charge in [-0.3, -0.25) is 4.79 Å². The van der Waals surface area contributed by atoms with Crippen LogP contribution in [0.3, 0.4) is 0 Å². The van der Waals surface area contributed by atoms with E-state index in [2.05, 4.69) is 15.3 Å². The molecule has 2 aromatic rings. The highest BCUT2D eigenvalue weighted by Crippen LogP contribution is 2.26. The van der Waals surface area contributed by atoms with E-state index < -0.39 is 35.6 Å². The average molecular weight is 369 g/mol. The number of benzene rings is 1. The van der Waals surface area contributed by atoms with Crippen molar-refractivity contribution in [3.8, 4) is 5.75 Å². The number of nitrogens with zero attached hydrogens (tertiary/aromatic N) is 2. The van der Waals surface area contributed by atoms with Crippen molar-refractivity contribution in [1.82, 2.24) is 15.3 Å². The Labute approximate surface area is 145 Å². The zero-order valence-corrected chi connectivity index (χ0v) is 13.7. The monoisotopic (exact) mass is 369 g/mol. The molecule has 0 radical (unpaired) electrons. The van der Waals surface area contributed by atoms with E-state index in [9.17, 15) is 27.9 Å². The number of nitrogens with one attached hydrogen (secondary N) is 1. The second-order valence-electron chi connectivity index (χ2n) is 5.23. The van der Waals surface area contributed by atoms with Gasteiger partial charge in [-0.05, 0) is 30.7 Å². The number of halogens is 3. The Hall–Kier alpha value is -3.17. The Bertz CT molecular complexity index is 822. The molecule has 10 heteroatoms. The molecular weight excluding hydrogens is 355 g/mol. The Balaban J connectivity index is 2.30. The molecule has 26 heavy (non-hydrogen) atoms. The number of alkyl halides is 3. The summed E-state index contributed by atoms with van der Waals surface area (Å²) < 4.78 is 43.3. The fourth-order valence-electron chi connectivity index (χ4n) is 2.10. The van der Waals surface area contributed by atoms with E-state index in [0.29, 0.717) is 5.75 Å². The van der Waals surface area contributed by atoms with Gasteiger partial charge >= 0.3 is 12.1 Å². The highest BCUT2D eigenvalue weighted by Gasteiger charge is 2.36. The van der Waals surface area contributed by atoms with Crippen molar-refractivity contribution in [3.63, 3.8) is 0 Å². The molecule has 1 unspecified atom stereocenters. The lowest BCUT2D eigenvalue weighted by Crippen LogP contribution is -2.34. The predicted octanol–water partition coefficient (Wildman–Crippen LogP) is 2.37. The number of ether oxygens (including phenoxy) is 1. The Kier molecular flexibility index (Phi) is 5.44. The fraction of sp³-hybridized carbons (Fsp3) is 0.250. The summed E-state index contributed by atoms with van der Waals surface area (Å²) in [5.41, 5.74) is -0.438. The fourth-order valence-corrected chi connectivity index (χ4v) is 2.10. The van der Waals surface area contributed by atoms with Crippen molar-refractivity contribution in [2.75, 3.05) is 7.11 Å². The summed E-state index contributed by atoms with van der Waals surface area (Å²) in [4.78, 5) is 30.1. The summed E-state index contributed by atoms with van der Waals surface area (Å²) in [6.45, 7) is 1.27. The third kappa shape index (κ3) is 4.47. The molecule has 0 aliphatic carbocycles. The number of hydrogen-bond acceptors (Lipinski definition) is 5. The number of hydrogen-bond donors (Lipinski definition) is 2. The van der Waals surface area contributed by atoms with Gasteiger partial charge in [-0.1, -0.05) is 12.1 Å². The van der Waals surface area contributed by atoms with Crippen molar-refractivity contribution in [2.45, 2.75) is 19.1 Å². The lowest BCUT2D eigenvalue weighted by molar-refractivity contribution is -0.145. The van der Waals surface area contributed by atoms with Gasteiger partial charge in [-0.25, -0.2) is 14.8 Å². The molecule has 2 rings (SSSR count). The van der Waals surface area contributed by atoms with Gasteiger partial charge in [0.25, 0.3) is 5.91 Å². The molecule has 0 saturated carbocycles. The number of methoxy groups -OCH3 is 1. The van der Waals surface area contributed by atoms with Crippen LogP contribution in [0.4, 0.5) is 13.2 Å². The van der Waals surface area contributed by atoms with Crippen molar-refractivity contribution in [3.05, 3.63) is 53.1 Å². The number of amides is 1. The first-order valence-corrected chi connectivity index (χ1v) is 7.22. The van der Waals surface area contributed by atoms with E-state index >= 15 is 0 Å². The van der Waals surface area contributed by atoms with Crippen molar-refractivity contribution < 1.29 is 32.6 Å². The standard InChI is InChI=1S/C16H14F3N3O4/c1-8-7-11(21-15(20-8)16(17,18)19)13(23)22-12(14(24)25)9-3-5-10(26-2)6-4-9/h3-7,12H,1-2H3,(H,22,23)(H,24,25). The number of carboxylic acid groups (broad SMARTS) is 1. The molecule has 1 aromatic heterocycles. The molecular formula is C16H14F3N3O4. The number of carbonyl (C=O) groups excluding carboxylic acids is 1. The highest BCUT2D eigenvalue weighted by atomic mass is 19.4. The largest absolute Gasteiger partial charge is 0.497 e. The summed E-state index contributed by atoms with van der Waals surface area (Å²) >= 11 is 0. The van der Waals surface area contributed by atoms with Crippen LogP contribution in [0.15, 0.2) is 30.3 Å². The van der Waals surface area contributed by atoms with Crippen LogP contribution in [0.25, 0.3) is 0 Å². The molecule has 0 spiro atoms. The summed E-state index contributed by atoms with van der Waals surface area (Å²) in [7, 11) is 1.43. The zero-order chi connectivity index (χ0) is 19.5. The lowest BCUT2D eigenvalue weighted by atomic mass is 10.1. The van der Waals surface area contributed by atoms with Crippen LogP contribution in [0.1, 0.15) is 33.6 Å². The minimum absolute atomic E-state index is 0.0752. The van der Waals surface area contributed by atoms with E-state index in [1.54, 1.807) is 0 Å². The molecule has 0 aliphatic heterocycles. The van der Waals surface area contributed by atoms with E-state index in [1.165, 1.54) is 38.3 Å². The second-order valence-corrected chi connectivity index (χ2v) is 5.23. The average Bonchev–Trinajstić information content (AvgIpc) is 2.58. The van der Waals surface area contributed by atoms with Crippen LogP contribution >= 0.6 is 0 Å². The first-order valence-electron chi connectivity index (χ1n) is 7.22. The first-order chi connectivity index (χ1) is 12.1. The molecule has 0 bridgehead atoms. The number of rotatable bonds is 5. The van der Waals surface area contributed by atoms with E-state index in [4.69, 9.17) is 4.74 Å². The molecule has 1 heterocycles. The normalized spacial score (nSPS) is 12.3. The van der Waals surface area contributed by atoms with Crippen molar-refractivity contribution >= 4 is 11.9 Å². The molecule has 0 aliphatic rings. The SMILES string of the molecule is COc1ccc(C(NC(=O)c2cc(C)nc(C(F)(F)F)n2)C(=O)O)cc1. The van der Waals surface area contributed by atoms with Gasteiger partial charge in [0, 0.05) is 5.69 Å².